The number of halogens is 1. The second-order valence-electron chi connectivity index (χ2n) is 2.26. The molecule has 0 spiro atoms. The van der Waals surface area contributed by atoms with Gasteiger partial charge in [-0.3, -0.25) is 0 Å². The van der Waals surface area contributed by atoms with Crippen LogP contribution in [0.5, 0.6) is 5.88 Å². The Morgan fingerprint density at radius 2 is 2.50 bits per heavy atom. The monoisotopic (exact) mass is 225 g/mol. The van der Waals surface area contributed by atoms with Gasteiger partial charge in [-0.25, -0.2) is 4.98 Å². The van der Waals surface area contributed by atoms with Crippen molar-refractivity contribution in [1.82, 2.24) is 4.98 Å². The molecule has 0 saturated heterocycles. The molecule has 1 aromatic rings. The van der Waals surface area contributed by atoms with Crippen molar-refractivity contribution in [3.63, 3.8) is 0 Å². The molecule has 3 heteroatoms. The summed E-state index contributed by atoms with van der Waals surface area (Å²) in [4.78, 5) is 4.01. The molecule has 0 atom stereocenters. The number of nitrogens with zero attached hydrogens (tertiary/aromatic N) is 1. The summed E-state index contributed by atoms with van der Waals surface area (Å²) in [6, 6.07) is 1.83. The van der Waals surface area contributed by atoms with Crippen molar-refractivity contribution >= 4 is 15.9 Å². The van der Waals surface area contributed by atoms with E-state index >= 15 is 0 Å². The quantitative estimate of drug-likeness (QED) is 0.721. The fourth-order valence-electron chi connectivity index (χ4n) is 0.708. The van der Waals surface area contributed by atoms with Gasteiger partial charge in [0.15, 0.2) is 6.61 Å². The molecule has 0 N–H and O–H groups in total. The lowest BCUT2D eigenvalue weighted by molar-refractivity contribution is 0.355. The normalized spacial score (nSPS) is 9.08. The molecule has 2 nitrogen and oxygen atoms in total. The van der Waals surface area contributed by atoms with E-state index in [1.54, 1.807) is 6.20 Å². The summed E-state index contributed by atoms with van der Waals surface area (Å²) in [5, 5.41) is 0. The van der Waals surface area contributed by atoms with Crippen molar-refractivity contribution in [2.24, 2.45) is 0 Å². The van der Waals surface area contributed by atoms with E-state index in [2.05, 4.69) is 26.8 Å². The number of ether oxygens (including phenoxy) is 1. The van der Waals surface area contributed by atoms with Crippen LogP contribution in [-0.2, 0) is 0 Å². The number of pyridine rings is 1. The first-order valence-electron chi connectivity index (χ1n) is 3.42. The third-order valence-corrected chi connectivity index (χ3v) is 2.16. The van der Waals surface area contributed by atoms with Gasteiger partial charge in [-0.2, -0.15) is 0 Å². The Kier molecular flexibility index (Phi) is 3.12. The molecule has 0 aliphatic rings. The summed E-state index contributed by atoms with van der Waals surface area (Å²) in [5.41, 5.74) is 1.08. The number of terminal acetylenes is 1. The van der Waals surface area contributed by atoms with Crippen molar-refractivity contribution in [3.8, 4) is 18.2 Å². The third kappa shape index (κ3) is 2.24. The average molecular weight is 226 g/mol. The van der Waals surface area contributed by atoms with E-state index in [0.717, 1.165) is 10.0 Å². The summed E-state index contributed by atoms with van der Waals surface area (Å²) in [6.07, 6.45) is 6.73. The Labute approximate surface area is 80.1 Å². The van der Waals surface area contributed by atoms with Crippen LogP contribution in [-0.4, -0.2) is 11.6 Å². The summed E-state index contributed by atoms with van der Waals surface area (Å²) in [7, 11) is 0. The van der Waals surface area contributed by atoms with Crippen LogP contribution in [0, 0.1) is 19.3 Å². The Morgan fingerprint density at radius 3 is 3.08 bits per heavy atom. The van der Waals surface area contributed by atoms with Gasteiger partial charge in [-0.05, 0) is 28.4 Å². The van der Waals surface area contributed by atoms with Gasteiger partial charge < -0.3 is 4.74 Å². The van der Waals surface area contributed by atoms with E-state index in [1.165, 1.54) is 0 Å². The predicted octanol–water partition coefficient (Wildman–Crippen LogP) is 2.16. The standard InChI is InChI=1S/C9H8BrNO/c1-3-4-12-9-5-7(2)8(10)6-11-9/h1,5-6H,4H2,2H3. The van der Waals surface area contributed by atoms with Crippen molar-refractivity contribution in [1.29, 1.82) is 0 Å². The van der Waals surface area contributed by atoms with Crippen LogP contribution >= 0.6 is 15.9 Å². The lowest BCUT2D eigenvalue weighted by Gasteiger charge is -2.02. The molecule has 62 valence electrons. The molecule has 0 radical (unpaired) electrons. The first-order valence-corrected chi connectivity index (χ1v) is 4.21. The highest BCUT2D eigenvalue weighted by atomic mass is 79.9. The van der Waals surface area contributed by atoms with E-state index in [0.29, 0.717) is 5.88 Å². The van der Waals surface area contributed by atoms with E-state index in [1.807, 2.05) is 13.0 Å². The molecule has 0 aromatic carbocycles. The fraction of sp³-hybridized carbons (Fsp3) is 0.222. The molecule has 0 bridgehead atoms. The van der Waals surface area contributed by atoms with Crippen molar-refractivity contribution in [3.05, 3.63) is 22.3 Å². The van der Waals surface area contributed by atoms with Crippen LogP contribution in [0.2, 0.25) is 0 Å². The Bertz CT molecular complexity index is 317. The lowest BCUT2D eigenvalue weighted by Crippen LogP contribution is -1.96. The fourth-order valence-corrected chi connectivity index (χ4v) is 0.925. The van der Waals surface area contributed by atoms with Gasteiger partial charge in [-0.1, -0.05) is 5.92 Å². The summed E-state index contributed by atoms with van der Waals surface area (Å²) in [5.74, 6) is 2.94. The number of aryl methyl sites for hydroxylation is 1. The zero-order chi connectivity index (χ0) is 8.97. The highest BCUT2D eigenvalue weighted by Crippen LogP contribution is 2.18. The van der Waals surface area contributed by atoms with Gasteiger partial charge in [0.1, 0.15) is 0 Å². The second kappa shape index (κ2) is 4.13. The molecule has 0 fully saturated rings. The van der Waals surface area contributed by atoms with E-state index in [-0.39, 0.29) is 6.61 Å². The third-order valence-electron chi connectivity index (χ3n) is 1.33. The molecular formula is C9H8BrNO. The van der Waals surface area contributed by atoms with Crippen molar-refractivity contribution in [2.75, 3.05) is 6.61 Å². The first kappa shape index (κ1) is 9.08. The SMILES string of the molecule is C#CCOc1cc(C)c(Br)cn1. The maximum Gasteiger partial charge on any atom is 0.214 e. The van der Waals surface area contributed by atoms with Crippen LogP contribution in [0.3, 0.4) is 0 Å². The van der Waals surface area contributed by atoms with Crippen LogP contribution < -0.4 is 4.74 Å². The number of rotatable bonds is 2. The van der Waals surface area contributed by atoms with E-state index in [4.69, 9.17) is 11.2 Å². The molecule has 0 aliphatic heterocycles. The van der Waals surface area contributed by atoms with Crippen LogP contribution in [0.4, 0.5) is 0 Å². The molecule has 1 heterocycles. The molecule has 1 aromatic heterocycles. The smallest absolute Gasteiger partial charge is 0.214 e. The van der Waals surface area contributed by atoms with E-state index < -0.39 is 0 Å². The lowest BCUT2D eigenvalue weighted by atomic mass is 10.3. The van der Waals surface area contributed by atoms with Crippen LogP contribution in [0.1, 0.15) is 5.56 Å². The Morgan fingerprint density at radius 1 is 1.75 bits per heavy atom. The molecular weight excluding hydrogens is 218 g/mol. The Hall–Kier alpha value is -1.01. The molecule has 0 saturated carbocycles. The zero-order valence-electron chi connectivity index (χ0n) is 6.67. The highest BCUT2D eigenvalue weighted by Gasteiger charge is 1.97. The van der Waals surface area contributed by atoms with E-state index in [9.17, 15) is 0 Å². The molecule has 0 unspecified atom stereocenters. The largest absolute Gasteiger partial charge is 0.464 e. The zero-order valence-corrected chi connectivity index (χ0v) is 8.26. The summed E-state index contributed by atoms with van der Waals surface area (Å²) < 4.78 is 6.09. The number of aromatic nitrogens is 1. The van der Waals surface area contributed by atoms with Crippen LogP contribution in [0.15, 0.2) is 16.7 Å². The van der Waals surface area contributed by atoms with Gasteiger partial charge in [0.25, 0.3) is 0 Å². The van der Waals surface area contributed by atoms with Gasteiger partial charge >= 0.3 is 0 Å². The number of hydrogen-bond donors (Lipinski definition) is 0. The molecule has 12 heavy (non-hydrogen) atoms. The minimum atomic E-state index is 0.258. The molecule has 1 rings (SSSR count). The van der Waals surface area contributed by atoms with Gasteiger partial charge in [0.2, 0.25) is 5.88 Å². The predicted molar refractivity (Wildman–Crippen MR) is 51.0 cm³/mol. The van der Waals surface area contributed by atoms with Crippen molar-refractivity contribution < 1.29 is 4.74 Å². The highest BCUT2D eigenvalue weighted by molar-refractivity contribution is 9.10. The minimum absolute atomic E-state index is 0.258. The maximum atomic E-state index is 5.12. The number of hydrogen-bond acceptors (Lipinski definition) is 2. The average Bonchev–Trinajstić information content (AvgIpc) is 2.07. The van der Waals surface area contributed by atoms with Crippen LogP contribution in [0.25, 0.3) is 0 Å². The minimum Gasteiger partial charge on any atom is -0.464 e. The van der Waals surface area contributed by atoms with Gasteiger partial charge in [0.05, 0.1) is 0 Å². The van der Waals surface area contributed by atoms with Gasteiger partial charge in [-0.15, -0.1) is 6.42 Å². The first-order chi connectivity index (χ1) is 5.74. The van der Waals surface area contributed by atoms with Crippen molar-refractivity contribution in [2.45, 2.75) is 6.92 Å². The molecule has 0 aliphatic carbocycles. The van der Waals surface area contributed by atoms with Gasteiger partial charge in [0, 0.05) is 16.7 Å². The molecule has 0 amide bonds. The topological polar surface area (TPSA) is 22.1 Å². The Balaban J connectivity index is 2.77. The summed E-state index contributed by atoms with van der Waals surface area (Å²) >= 11 is 3.34. The summed E-state index contributed by atoms with van der Waals surface area (Å²) in [6.45, 7) is 2.22. The maximum absolute atomic E-state index is 5.12. The second-order valence-corrected chi connectivity index (χ2v) is 3.12.